The predicted molar refractivity (Wildman–Crippen MR) is 84.1 cm³/mol. The van der Waals surface area contributed by atoms with Gasteiger partial charge in [0.15, 0.2) is 0 Å². The van der Waals surface area contributed by atoms with E-state index in [0.29, 0.717) is 6.04 Å². The Morgan fingerprint density at radius 1 is 1.25 bits per heavy atom. The molecule has 0 saturated heterocycles. The van der Waals surface area contributed by atoms with E-state index in [-0.39, 0.29) is 5.91 Å². The van der Waals surface area contributed by atoms with Crippen LogP contribution in [0.15, 0.2) is 24.3 Å². The Balaban J connectivity index is 1.89. The third-order valence-corrected chi connectivity index (χ3v) is 4.27. The molecule has 0 unspecified atom stereocenters. The molecule has 1 aromatic carbocycles. The maximum atomic E-state index is 11.6. The second-order valence-electron chi connectivity index (χ2n) is 5.81. The van der Waals surface area contributed by atoms with Gasteiger partial charge in [-0.2, -0.15) is 0 Å². The number of carbonyl (C=O) groups excluding carboxylic acids is 1. The number of carbonyl (C=O) groups is 1. The summed E-state index contributed by atoms with van der Waals surface area (Å²) >= 11 is 0. The lowest BCUT2D eigenvalue weighted by atomic mass is 9.83. The van der Waals surface area contributed by atoms with Crippen molar-refractivity contribution in [2.75, 3.05) is 12.4 Å². The van der Waals surface area contributed by atoms with Crippen molar-refractivity contribution in [1.82, 2.24) is 5.32 Å². The average molecular weight is 274 g/mol. The van der Waals surface area contributed by atoms with E-state index in [1.54, 1.807) is 7.05 Å². The number of hydrogen-bond acceptors (Lipinski definition) is 2. The summed E-state index contributed by atoms with van der Waals surface area (Å²) in [6, 6.07) is 8.34. The highest BCUT2D eigenvalue weighted by atomic mass is 16.1. The van der Waals surface area contributed by atoms with E-state index in [1.807, 2.05) is 24.3 Å². The minimum absolute atomic E-state index is 0.0275. The Labute approximate surface area is 122 Å². The van der Waals surface area contributed by atoms with Crippen molar-refractivity contribution < 1.29 is 4.79 Å². The SMILES string of the molecule is CCCC1CCC(Nc2cccc(C(=O)NC)c2)CC1. The maximum absolute atomic E-state index is 11.6. The summed E-state index contributed by atoms with van der Waals surface area (Å²) in [5, 5.41) is 6.25. The van der Waals surface area contributed by atoms with E-state index in [2.05, 4.69) is 17.6 Å². The van der Waals surface area contributed by atoms with Crippen LogP contribution in [0.1, 0.15) is 55.8 Å². The lowest BCUT2D eigenvalue weighted by Gasteiger charge is -2.29. The minimum atomic E-state index is -0.0275. The third kappa shape index (κ3) is 3.99. The highest BCUT2D eigenvalue weighted by molar-refractivity contribution is 5.94. The zero-order valence-electron chi connectivity index (χ0n) is 12.6. The Bertz CT molecular complexity index is 436. The van der Waals surface area contributed by atoms with Crippen LogP contribution in [0, 0.1) is 5.92 Å². The first-order chi connectivity index (χ1) is 9.72. The second-order valence-corrected chi connectivity index (χ2v) is 5.81. The van der Waals surface area contributed by atoms with Crippen molar-refractivity contribution in [2.45, 2.75) is 51.5 Å². The molecule has 2 N–H and O–H groups in total. The number of benzene rings is 1. The zero-order chi connectivity index (χ0) is 14.4. The summed E-state index contributed by atoms with van der Waals surface area (Å²) in [5.74, 6) is 0.899. The van der Waals surface area contributed by atoms with Crippen LogP contribution < -0.4 is 10.6 Å². The van der Waals surface area contributed by atoms with Gasteiger partial charge in [-0.05, 0) is 49.8 Å². The Morgan fingerprint density at radius 3 is 2.65 bits per heavy atom. The van der Waals surface area contributed by atoms with Crippen LogP contribution >= 0.6 is 0 Å². The molecule has 1 fully saturated rings. The average Bonchev–Trinajstić information content (AvgIpc) is 2.49. The van der Waals surface area contributed by atoms with E-state index in [0.717, 1.165) is 17.2 Å². The van der Waals surface area contributed by atoms with Gasteiger partial charge in [0.1, 0.15) is 0 Å². The number of amides is 1. The number of nitrogens with one attached hydrogen (secondary N) is 2. The van der Waals surface area contributed by atoms with Crippen molar-refractivity contribution in [2.24, 2.45) is 5.92 Å². The molecule has 0 bridgehead atoms. The fraction of sp³-hybridized carbons (Fsp3) is 0.588. The topological polar surface area (TPSA) is 41.1 Å². The highest BCUT2D eigenvalue weighted by Gasteiger charge is 2.20. The summed E-state index contributed by atoms with van der Waals surface area (Å²) in [5.41, 5.74) is 1.78. The summed E-state index contributed by atoms with van der Waals surface area (Å²) in [4.78, 5) is 11.6. The third-order valence-electron chi connectivity index (χ3n) is 4.27. The van der Waals surface area contributed by atoms with Crippen LogP contribution in [-0.4, -0.2) is 19.0 Å². The van der Waals surface area contributed by atoms with Gasteiger partial charge in [0, 0.05) is 24.3 Å². The van der Waals surface area contributed by atoms with Gasteiger partial charge in [-0.25, -0.2) is 0 Å². The quantitative estimate of drug-likeness (QED) is 0.857. The van der Waals surface area contributed by atoms with Crippen LogP contribution in [0.3, 0.4) is 0 Å². The molecule has 0 aromatic heterocycles. The standard InChI is InChI=1S/C17H26N2O/c1-3-5-13-8-10-15(11-9-13)19-16-7-4-6-14(12-16)17(20)18-2/h4,6-7,12-13,15,19H,3,5,8-11H2,1-2H3,(H,18,20). The van der Waals surface area contributed by atoms with Crippen LogP contribution in [0.25, 0.3) is 0 Å². The normalized spacial score (nSPS) is 22.3. The van der Waals surface area contributed by atoms with Crippen LogP contribution in [0.5, 0.6) is 0 Å². The molecule has 0 atom stereocenters. The van der Waals surface area contributed by atoms with Gasteiger partial charge in [-0.3, -0.25) is 4.79 Å². The van der Waals surface area contributed by atoms with Crippen LogP contribution in [0.4, 0.5) is 5.69 Å². The zero-order valence-corrected chi connectivity index (χ0v) is 12.6. The van der Waals surface area contributed by atoms with E-state index < -0.39 is 0 Å². The Kier molecular flexibility index (Phi) is 5.45. The maximum Gasteiger partial charge on any atom is 0.251 e. The summed E-state index contributed by atoms with van der Waals surface area (Å²) in [6.45, 7) is 2.27. The van der Waals surface area contributed by atoms with E-state index in [4.69, 9.17) is 0 Å². The molecule has 20 heavy (non-hydrogen) atoms. The monoisotopic (exact) mass is 274 g/mol. The molecule has 1 aromatic rings. The van der Waals surface area contributed by atoms with Crippen molar-refractivity contribution in [1.29, 1.82) is 0 Å². The lowest BCUT2D eigenvalue weighted by Crippen LogP contribution is -2.26. The van der Waals surface area contributed by atoms with Gasteiger partial charge in [0.05, 0.1) is 0 Å². The van der Waals surface area contributed by atoms with E-state index in [9.17, 15) is 4.79 Å². The van der Waals surface area contributed by atoms with Crippen molar-refractivity contribution in [3.63, 3.8) is 0 Å². The molecule has 1 saturated carbocycles. The van der Waals surface area contributed by atoms with E-state index in [1.165, 1.54) is 38.5 Å². The van der Waals surface area contributed by atoms with Gasteiger partial charge < -0.3 is 10.6 Å². The fourth-order valence-corrected chi connectivity index (χ4v) is 3.13. The smallest absolute Gasteiger partial charge is 0.251 e. The molecule has 110 valence electrons. The van der Waals surface area contributed by atoms with Crippen molar-refractivity contribution in [3.8, 4) is 0 Å². The van der Waals surface area contributed by atoms with Gasteiger partial charge in [-0.15, -0.1) is 0 Å². The minimum Gasteiger partial charge on any atom is -0.382 e. The molecule has 3 nitrogen and oxygen atoms in total. The first-order valence-corrected chi connectivity index (χ1v) is 7.81. The summed E-state index contributed by atoms with van der Waals surface area (Å²) in [6.07, 6.45) is 7.83. The van der Waals surface area contributed by atoms with Gasteiger partial charge in [0.25, 0.3) is 5.91 Å². The molecule has 2 rings (SSSR count). The van der Waals surface area contributed by atoms with Gasteiger partial charge >= 0.3 is 0 Å². The van der Waals surface area contributed by atoms with Crippen molar-refractivity contribution in [3.05, 3.63) is 29.8 Å². The molecule has 1 aliphatic rings. The predicted octanol–water partition coefficient (Wildman–Crippen LogP) is 3.82. The van der Waals surface area contributed by atoms with E-state index >= 15 is 0 Å². The molecule has 0 aliphatic heterocycles. The molecule has 1 amide bonds. The Hall–Kier alpha value is -1.51. The first kappa shape index (κ1) is 14.9. The van der Waals surface area contributed by atoms with Gasteiger partial charge in [0.2, 0.25) is 0 Å². The van der Waals surface area contributed by atoms with Crippen LogP contribution in [-0.2, 0) is 0 Å². The fourth-order valence-electron chi connectivity index (χ4n) is 3.13. The molecule has 1 aliphatic carbocycles. The van der Waals surface area contributed by atoms with Crippen LogP contribution in [0.2, 0.25) is 0 Å². The molecule has 0 spiro atoms. The largest absolute Gasteiger partial charge is 0.382 e. The van der Waals surface area contributed by atoms with Crippen molar-refractivity contribution >= 4 is 11.6 Å². The van der Waals surface area contributed by atoms with Gasteiger partial charge in [-0.1, -0.05) is 25.8 Å². The number of hydrogen-bond donors (Lipinski definition) is 2. The molecular weight excluding hydrogens is 248 g/mol. The highest BCUT2D eigenvalue weighted by Crippen LogP contribution is 2.29. The number of anilines is 1. The first-order valence-electron chi connectivity index (χ1n) is 7.81. The molecular formula is C17H26N2O. The second kappa shape index (κ2) is 7.32. The Morgan fingerprint density at radius 2 is 2.00 bits per heavy atom. The summed E-state index contributed by atoms with van der Waals surface area (Å²) in [7, 11) is 1.66. The number of rotatable bonds is 5. The lowest BCUT2D eigenvalue weighted by molar-refractivity contribution is 0.0963. The molecule has 0 radical (unpaired) electrons. The molecule has 3 heteroatoms. The molecule has 0 heterocycles. The summed E-state index contributed by atoms with van der Waals surface area (Å²) < 4.78 is 0.